The van der Waals surface area contributed by atoms with Crippen molar-refractivity contribution in [3.05, 3.63) is 52.6 Å². The molecule has 0 radical (unpaired) electrons. The Morgan fingerprint density at radius 3 is 2.60 bits per heavy atom. The maximum Gasteiger partial charge on any atom is 0.344 e. The van der Waals surface area contributed by atoms with Crippen molar-refractivity contribution in [2.45, 2.75) is 42.9 Å². The van der Waals surface area contributed by atoms with E-state index >= 15 is 0 Å². The van der Waals surface area contributed by atoms with Crippen LogP contribution in [0, 0.1) is 10.1 Å². The Balaban J connectivity index is 1.73. The third-order valence-electron chi connectivity index (χ3n) is 5.36. The molecule has 1 aliphatic carbocycles. The fourth-order valence-electron chi connectivity index (χ4n) is 3.82. The van der Waals surface area contributed by atoms with E-state index in [4.69, 9.17) is 0 Å². The van der Waals surface area contributed by atoms with E-state index in [1.165, 1.54) is 6.20 Å². The summed E-state index contributed by atoms with van der Waals surface area (Å²) in [4.78, 5) is 27.0. The van der Waals surface area contributed by atoms with Gasteiger partial charge in [0.1, 0.15) is 11.4 Å². The van der Waals surface area contributed by atoms with Crippen molar-refractivity contribution in [3.8, 4) is 22.6 Å². The number of aromatic amines is 1. The van der Waals surface area contributed by atoms with Crippen molar-refractivity contribution in [1.82, 2.24) is 19.9 Å². The molecule has 0 amide bonds. The zero-order chi connectivity index (χ0) is 21.3. The zero-order valence-corrected chi connectivity index (χ0v) is 17.2. The first kappa shape index (κ1) is 20.1. The Labute approximate surface area is 173 Å². The highest BCUT2D eigenvalue weighted by Gasteiger charge is 2.29. The molecule has 30 heavy (non-hydrogen) atoms. The fourth-order valence-corrected chi connectivity index (χ4v) is 4.41. The summed E-state index contributed by atoms with van der Waals surface area (Å²) in [6.07, 6.45) is 10.6. The first-order chi connectivity index (χ1) is 14.3. The molecule has 0 aromatic carbocycles. The quantitative estimate of drug-likeness (QED) is 0.482. The molecular formula is C20H21N5O4S. The molecule has 9 nitrogen and oxygen atoms in total. The lowest BCUT2D eigenvalue weighted by atomic mass is 9.87. The van der Waals surface area contributed by atoms with Crippen LogP contribution in [-0.4, -0.2) is 39.5 Å². The van der Waals surface area contributed by atoms with Crippen LogP contribution in [0.5, 0.6) is 0 Å². The summed E-state index contributed by atoms with van der Waals surface area (Å²) in [5.41, 5.74) is 2.23. The highest BCUT2D eigenvalue weighted by molar-refractivity contribution is 7.90. The SMILES string of the molecule is CS(=O)(=O)c1cncc(-c2ccnc(-c3nc(C4CCCCC4)c([N+](=O)[O-])[nH]3)c2)c1. The minimum atomic E-state index is -3.39. The van der Waals surface area contributed by atoms with Crippen LogP contribution >= 0.6 is 0 Å². The molecule has 3 aromatic heterocycles. The molecule has 0 aliphatic heterocycles. The number of aromatic nitrogens is 4. The van der Waals surface area contributed by atoms with Crippen LogP contribution in [0.25, 0.3) is 22.6 Å². The van der Waals surface area contributed by atoms with Gasteiger partial charge in [-0.15, -0.1) is 0 Å². The van der Waals surface area contributed by atoms with Crippen molar-refractivity contribution < 1.29 is 13.3 Å². The van der Waals surface area contributed by atoms with Gasteiger partial charge < -0.3 is 10.1 Å². The molecule has 1 N–H and O–H groups in total. The maximum absolute atomic E-state index is 11.8. The average molecular weight is 427 g/mol. The first-order valence-corrected chi connectivity index (χ1v) is 11.6. The summed E-state index contributed by atoms with van der Waals surface area (Å²) in [6.45, 7) is 0. The summed E-state index contributed by atoms with van der Waals surface area (Å²) >= 11 is 0. The molecule has 1 fully saturated rings. The highest BCUT2D eigenvalue weighted by atomic mass is 32.2. The molecule has 0 spiro atoms. The smallest absolute Gasteiger partial charge is 0.344 e. The van der Waals surface area contributed by atoms with Crippen molar-refractivity contribution >= 4 is 15.7 Å². The van der Waals surface area contributed by atoms with Gasteiger partial charge in [0.05, 0.1) is 4.90 Å². The number of imidazole rings is 1. The van der Waals surface area contributed by atoms with Crippen LogP contribution in [0.15, 0.2) is 41.7 Å². The third-order valence-corrected chi connectivity index (χ3v) is 6.44. The third kappa shape index (κ3) is 4.09. The van der Waals surface area contributed by atoms with Crippen molar-refractivity contribution in [3.63, 3.8) is 0 Å². The molecule has 3 heterocycles. The van der Waals surface area contributed by atoms with Gasteiger partial charge in [0, 0.05) is 36.3 Å². The second-order valence-electron chi connectivity index (χ2n) is 7.52. The minimum Gasteiger partial charge on any atom is -0.358 e. The van der Waals surface area contributed by atoms with Gasteiger partial charge in [0.2, 0.25) is 5.82 Å². The molecule has 4 rings (SSSR count). The lowest BCUT2D eigenvalue weighted by molar-refractivity contribution is -0.390. The summed E-state index contributed by atoms with van der Waals surface area (Å²) in [6, 6.07) is 4.99. The molecule has 1 aliphatic rings. The Hall–Kier alpha value is -3.14. The number of H-pyrrole nitrogens is 1. The van der Waals surface area contributed by atoms with Gasteiger partial charge in [0.15, 0.2) is 9.84 Å². The summed E-state index contributed by atoms with van der Waals surface area (Å²) < 4.78 is 23.7. The standard InChI is InChI=1S/C20H21N5O4S/c1-30(28,29)16-9-15(11-21-12-16)14-7-8-22-17(10-14)19-23-18(20(24-19)25(26)27)13-5-3-2-4-6-13/h7-13H,2-6H2,1H3,(H,23,24). The Bertz CT molecular complexity index is 1200. The second-order valence-corrected chi connectivity index (χ2v) is 9.54. The van der Waals surface area contributed by atoms with Crippen molar-refractivity contribution in [1.29, 1.82) is 0 Å². The number of rotatable bonds is 5. The molecule has 0 saturated heterocycles. The molecule has 156 valence electrons. The van der Waals surface area contributed by atoms with Crippen molar-refractivity contribution in [2.24, 2.45) is 0 Å². The summed E-state index contributed by atoms with van der Waals surface area (Å²) in [7, 11) is -3.39. The van der Waals surface area contributed by atoms with Crippen LogP contribution < -0.4 is 0 Å². The molecule has 0 bridgehead atoms. The summed E-state index contributed by atoms with van der Waals surface area (Å²) in [5.74, 6) is 0.323. The van der Waals surface area contributed by atoms with Gasteiger partial charge in [-0.1, -0.05) is 19.3 Å². The molecule has 0 atom stereocenters. The average Bonchev–Trinajstić information content (AvgIpc) is 3.20. The zero-order valence-electron chi connectivity index (χ0n) is 16.4. The maximum atomic E-state index is 11.8. The normalized spacial score (nSPS) is 15.2. The van der Waals surface area contributed by atoms with E-state index in [1.807, 2.05) is 0 Å². The predicted molar refractivity (Wildman–Crippen MR) is 111 cm³/mol. The van der Waals surface area contributed by atoms with Crippen LogP contribution in [0.4, 0.5) is 5.82 Å². The van der Waals surface area contributed by atoms with Gasteiger partial charge in [-0.3, -0.25) is 9.97 Å². The van der Waals surface area contributed by atoms with E-state index in [9.17, 15) is 18.5 Å². The number of nitrogens with zero attached hydrogens (tertiary/aromatic N) is 4. The van der Waals surface area contributed by atoms with Crippen molar-refractivity contribution in [2.75, 3.05) is 6.26 Å². The fraction of sp³-hybridized carbons (Fsp3) is 0.350. The number of hydrogen-bond donors (Lipinski definition) is 1. The molecular weight excluding hydrogens is 406 g/mol. The van der Waals surface area contributed by atoms with E-state index in [0.717, 1.165) is 38.4 Å². The Kier molecular flexibility index (Phi) is 5.33. The highest BCUT2D eigenvalue weighted by Crippen LogP contribution is 2.37. The Morgan fingerprint density at radius 2 is 1.90 bits per heavy atom. The second kappa shape index (κ2) is 7.94. The topological polar surface area (TPSA) is 132 Å². The predicted octanol–water partition coefficient (Wildman–Crippen LogP) is 3.89. The minimum absolute atomic E-state index is 0.0722. The van der Waals surface area contributed by atoms with E-state index in [-0.39, 0.29) is 16.6 Å². The monoisotopic (exact) mass is 427 g/mol. The molecule has 10 heteroatoms. The lowest BCUT2D eigenvalue weighted by Crippen LogP contribution is -2.07. The van der Waals surface area contributed by atoms with Crippen LogP contribution in [0.1, 0.15) is 43.7 Å². The van der Waals surface area contributed by atoms with Gasteiger partial charge >= 0.3 is 5.82 Å². The number of hydrogen-bond acceptors (Lipinski definition) is 7. The van der Waals surface area contributed by atoms with Crippen LogP contribution in [-0.2, 0) is 9.84 Å². The molecule has 3 aromatic rings. The van der Waals surface area contributed by atoms with Gasteiger partial charge in [-0.2, -0.15) is 0 Å². The lowest BCUT2D eigenvalue weighted by Gasteiger charge is -2.18. The molecule has 0 unspecified atom stereocenters. The van der Waals surface area contributed by atoms with Gasteiger partial charge in [-0.25, -0.2) is 18.4 Å². The van der Waals surface area contributed by atoms with Crippen LogP contribution in [0.2, 0.25) is 0 Å². The number of sulfone groups is 1. The van der Waals surface area contributed by atoms with E-state index in [0.29, 0.717) is 28.3 Å². The Morgan fingerprint density at radius 1 is 1.13 bits per heavy atom. The van der Waals surface area contributed by atoms with Crippen LogP contribution in [0.3, 0.4) is 0 Å². The molecule has 1 saturated carbocycles. The largest absolute Gasteiger partial charge is 0.358 e. The number of pyridine rings is 2. The van der Waals surface area contributed by atoms with Gasteiger partial charge in [0.25, 0.3) is 0 Å². The summed E-state index contributed by atoms with van der Waals surface area (Å²) in [5, 5.41) is 11.6. The number of nitrogens with one attached hydrogen (secondary N) is 1. The van der Waals surface area contributed by atoms with E-state index < -0.39 is 14.8 Å². The first-order valence-electron chi connectivity index (χ1n) is 9.69. The van der Waals surface area contributed by atoms with Gasteiger partial charge in [-0.05, 0) is 41.5 Å². The number of nitro groups is 1. The van der Waals surface area contributed by atoms with E-state index in [2.05, 4.69) is 19.9 Å². The van der Waals surface area contributed by atoms with E-state index in [1.54, 1.807) is 30.6 Å².